The number of para-hydroxylation sites is 1. The second-order valence-corrected chi connectivity index (χ2v) is 6.01. The van der Waals surface area contributed by atoms with Crippen molar-refractivity contribution in [3.05, 3.63) is 65.0 Å². The Bertz CT molecular complexity index is 1090. The van der Waals surface area contributed by atoms with E-state index in [4.69, 9.17) is 20.5 Å². The van der Waals surface area contributed by atoms with Crippen LogP contribution in [0.3, 0.4) is 0 Å². The number of hydrogen-bond acceptors (Lipinski definition) is 6. The summed E-state index contributed by atoms with van der Waals surface area (Å²) in [6.45, 7) is 1.90. The van der Waals surface area contributed by atoms with E-state index in [1.54, 1.807) is 30.6 Å². The van der Waals surface area contributed by atoms with Gasteiger partial charge in [0.1, 0.15) is 0 Å². The lowest BCUT2D eigenvalue weighted by Crippen LogP contribution is -2.23. The highest BCUT2D eigenvalue weighted by atomic mass is 35.5. The Hall–Kier alpha value is -3.19. The van der Waals surface area contributed by atoms with Crippen molar-refractivity contribution in [3.8, 4) is 11.4 Å². The van der Waals surface area contributed by atoms with E-state index < -0.39 is 0 Å². The molecule has 0 atom stereocenters. The van der Waals surface area contributed by atoms with Crippen LogP contribution >= 0.6 is 11.6 Å². The van der Waals surface area contributed by atoms with Crippen LogP contribution in [0.15, 0.2) is 51.7 Å². The smallest absolute Gasteiger partial charge is 0.287 e. The van der Waals surface area contributed by atoms with Crippen molar-refractivity contribution in [1.82, 2.24) is 20.4 Å². The number of furan rings is 1. The molecule has 0 bridgehead atoms. The number of carbonyl (C=O) groups excluding carboxylic acids is 1. The van der Waals surface area contributed by atoms with Gasteiger partial charge in [0.25, 0.3) is 5.91 Å². The number of hydrogen-bond donors (Lipinski definition) is 1. The van der Waals surface area contributed by atoms with Crippen molar-refractivity contribution in [3.63, 3.8) is 0 Å². The highest BCUT2D eigenvalue weighted by molar-refractivity contribution is 6.35. The van der Waals surface area contributed by atoms with Crippen molar-refractivity contribution in [2.75, 3.05) is 0 Å². The van der Waals surface area contributed by atoms with E-state index in [2.05, 4.69) is 20.4 Å². The average molecular weight is 369 g/mol. The molecule has 1 amide bonds. The molecule has 0 fully saturated rings. The van der Waals surface area contributed by atoms with Crippen LogP contribution in [0.1, 0.15) is 22.0 Å². The molecule has 0 aliphatic carbocycles. The summed E-state index contributed by atoms with van der Waals surface area (Å²) in [5, 5.41) is 7.88. The number of nitrogens with zero attached hydrogens (tertiary/aromatic N) is 3. The zero-order chi connectivity index (χ0) is 18.1. The summed E-state index contributed by atoms with van der Waals surface area (Å²) >= 11 is 6.12. The van der Waals surface area contributed by atoms with E-state index in [1.807, 2.05) is 19.1 Å². The summed E-state index contributed by atoms with van der Waals surface area (Å²) < 4.78 is 10.8. The van der Waals surface area contributed by atoms with Crippen LogP contribution < -0.4 is 5.32 Å². The van der Waals surface area contributed by atoms with Gasteiger partial charge in [0.05, 0.1) is 11.6 Å². The molecule has 7 nitrogen and oxygen atoms in total. The third-order valence-electron chi connectivity index (χ3n) is 3.93. The van der Waals surface area contributed by atoms with E-state index in [0.29, 0.717) is 16.4 Å². The third kappa shape index (κ3) is 2.93. The maximum atomic E-state index is 12.5. The highest BCUT2D eigenvalue weighted by Crippen LogP contribution is 2.30. The third-order valence-corrected chi connectivity index (χ3v) is 4.23. The number of aromatic nitrogens is 3. The first-order valence-corrected chi connectivity index (χ1v) is 8.20. The van der Waals surface area contributed by atoms with Crippen LogP contribution in [-0.2, 0) is 6.54 Å². The largest absolute Gasteiger partial charge is 0.449 e. The molecule has 0 saturated carbocycles. The number of nitrogens with one attached hydrogen (secondary N) is 1. The van der Waals surface area contributed by atoms with Crippen molar-refractivity contribution in [2.24, 2.45) is 0 Å². The number of aryl methyl sites for hydroxylation is 1. The van der Waals surface area contributed by atoms with Gasteiger partial charge in [0, 0.05) is 28.9 Å². The number of amides is 1. The SMILES string of the molecule is Cc1c(C(=O)NCc2nc(-c3ccncc3)no2)oc2c(Cl)cccc12. The molecule has 0 spiro atoms. The fourth-order valence-corrected chi connectivity index (χ4v) is 2.82. The quantitative estimate of drug-likeness (QED) is 0.589. The lowest BCUT2D eigenvalue weighted by molar-refractivity contribution is 0.0920. The van der Waals surface area contributed by atoms with Crippen molar-refractivity contribution < 1.29 is 13.7 Å². The molecule has 3 aromatic heterocycles. The Morgan fingerprint density at radius 1 is 1.23 bits per heavy atom. The molecular formula is C18H13ClN4O3. The van der Waals surface area contributed by atoms with Gasteiger partial charge in [0.2, 0.25) is 11.7 Å². The first-order chi connectivity index (χ1) is 12.6. The van der Waals surface area contributed by atoms with Crippen LogP contribution in [0.4, 0.5) is 0 Å². The molecular weight excluding hydrogens is 356 g/mol. The minimum atomic E-state index is -0.376. The fraction of sp³-hybridized carbons (Fsp3) is 0.111. The zero-order valence-corrected chi connectivity index (χ0v) is 14.4. The van der Waals surface area contributed by atoms with Gasteiger partial charge < -0.3 is 14.3 Å². The molecule has 0 radical (unpaired) electrons. The van der Waals surface area contributed by atoms with E-state index in [0.717, 1.165) is 16.5 Å². The van der Waals surface area contributed by atoms with E-state index in [-0.39, 0.29) is 24.1 Å². The minimum Gasteiger partial charge on any atom is -0.449 e. The molecule has 8 heteroatoms. The van der Waals surface area contributed by atoms with Gasteiger partial charge in [-0.2, -0.15) is 4.98 Å². The zero-order valence-electron chi connectivity index (χ0n) is 13.7. The normalized spacial score (nSPS) is 11.0. The lowest BCUT2D eigenvalue weighted by Gasteiger charge is -1.99. The standard InChI is InChI=1S/C18H13ClN4O3/c1-10-12-3-2-4-13(19)16(12)25-15(10)18(24)21-9-14-22-17(23-26-14)11-5-7-20-8-6-11/h2-8H,9H2,1H3,(H,21,24). The topological polar surface area (TPSA) is 94.1 Å². The van der Waals surface area contributed by atoms with Gasteiger partial charge in [0.15, 0.2) is 11.3 Å². The summed E-state index contributed by atoms with van der Waals surface area (Å²) in [4.78, 5) is 20.6. The average Bonchev–Trinajstić information content (AvgIpc) is 3.27. The lowest BCUT2D eigenvalue weighted by atomic mass is 10.1. The highest BCUT2D eigenvalue weighted by Gasteiger charge is 2.19. The number of pyridine rings is 1. The molecule has 4 rings (SSSR count). The number of benzene rings is 1. The number of fused-ring (bicyclic) bond motifs is 1. The molecule has 0 unspecified atom stereocenters. The van der Waals surface area contributed by atoms with E-state index in [9.17, 15) is 4.79 Å². The summed E-state index contributed by atoms with van der Waals surface area (Å²) in [6.07, 6.45) is 3.28. The molecule has 4 aromatic rings. The number of rotatable bonds is 4. The Kier molecular flexibility index (Phi) is 4.14. The van der Waals surface area contributed by atoms with Crippen LogP contribution in [-0.4, -0.2) is 21.0 Å². The molecule has 1 N–H and O–H groups in total. The Labute approximate surface area is 153 Å². The second-order valence-electron chi connectivity index (χ2n) is 5.60. The van der Waals surface area contributed by atoms with Gasteiger partial charge >= 0.3 is 0 Å². The van der Waals surface area contributed by atoms with Crippen LogP contribution in [0.25, 0.3) is 22.4 Å². The van der Waals surface area contributed by atoms with Crippen LogP contribution in [0.2, 0.25) is 5.02 Å². The summed E-state index contributed by atoms with van der Waals surface area (Å²) in [5.74, 6) is 0.556. The van der Waals surface area contributed by atoms with Crippen molar-refractivity contribution in [2.45, 2.75) is 13.5 Å². The fourth-order valence-electron chi connectivity index (χ4n) is 2.61. The molecule has 0 aliphatic heterocycles. The van der Waals surface area contributed by atoms with Gasteiger partial charge in [-0.15, -0.1) is 0 Å². The summed E-state index contributed by atoms with van der Waals surface area (Å²) in [5.41, 5.74) is 2.00. The Balaban J connectivity index is 1.50. The number of carbonyl (C=O) groups is 1. The first-order valence-electron chi connectivity index (χ1n) is 7.82. The number of halogens is 1. The van der Waals surface area contributed by atoms with E-state index >= 15 is 0 Å². The second kappa shape index (κ2) is 6.61. The van der Waals surface area contributed by atoms with Gasteiger partial charge in [-0.3, -0.25) is 9.78 Å². The molecule has 0 aliphatic rings. The van der Waals surface area contributed by atoms with Crippen molar-refractivity contribution in [1.29, 1.82) is 0 Å². The monoisotopic (exact) mass is 368 g/mol. The van der Waals surface area contributed by atoms with Gasteiger partial charge in [-0.1, -0.05) is 28.9 Å². The van der Waals surface area contributed by atoms with Crippen LogP contribution in [0, 0.1) is 6.92 Å². The predicted molar refractivity (Wildman–Crippen MR) is 94.7 cm³/mol. The summed E-state index contributed by atoms with van der Waals surface area (Å²) in [7, 11) is 0. The minimum absolute atomic E-state index is 0.0845. The van der Waals surface area contributed by atoms with Gasteiger partial charge in [-0.25, -0.2) is 0 Å². The van der Waals surface area contributed by atoms with E-state index in [1.165, 1.54) is 0 Å². The summed E-state index contributed by atoms with van der Waals surface area (Å²) in [6, 6.07) is 8.93. The predicted octanol–water partition coefficient (Wildman–Crippen LogP) is 3.77. The van der Waals surface area contributed by atoms with Gasteiger partial charge in [-0.05, 0) is 25.1 Å². The molecule has 0 saturated heterocycles. The van der Waals surface area contributed by atoms with Crippen LogP contribution in [0.5, 0.6) is 0 Å². The first kappa shape index (κ1) is 16.3. The van der Waals surface area contributed by atoms with Crippen molar-refractivity contribution >= 4 is 28.5 Å². The molecule has 1 aromatic carbocycles. The molecule has 130 valence electrons. The molecule has 3 heterocycles. The Morgan fingerprint density at radius 2 is 2.04 bits per heavy atom. The maximum absolute atomic E-state index is 12.5. The Morgan fingerprint density at radius 3 is 2.81 bits per heavy atom. The molecule has 26 heavy (non-hydrogen) atoms. The maximum Gasteiger partial charge on any atom is 0.287 e.